The average molecular weight is 267 g/mol. The Kier molecular flexibility index (Phi) is 4.19. The Morgan fingerprint density at radius 1 is 1.26 bits per heavy atom. The minimum Gasteiger partial charge on any atom is -0.344 e. The topological polar surface area (TPSA) is 92.5 Å². The van der Waals surface area contributed by atoms with Crippen molar-refractivity contribution in [2.24, 2.45) is 11.7 Å². The summed E-state index contributed by atoms with van der Waals surface area (Å²) in [6.45, 7) is 0. The largest absolute Gasteiger partial charge is 0.344 e. The van der Waals surface area contributed by atoms with Gasteiger partial charge in [0.2, 0.25) is 11.8 Å². The molecule has 1 heterocycles. The number of rotatable bonds is 2. The third kappa shape index (κ3) is 2.94. The fraction of sp³-hybridized carbons (Fsp3) is 0.769. The third-order valence-electron chi connectivity index (χ3n) is 4.12. The van der Waals surface area contributed by atoms with Crippen molar-refractivity contribution >= 4 is 17.7 Å². The van der Waals surface area contributed by atoms with Crippen LogP contribution in [0.15, 0.2) is 0 Å². The lowest BCUT2D eigenvalue weighted by Crippen LogP contribution is -2.55. The number of amides is 3. The molecule has 6 nitrogen and oxygen atoms in total. The molecule has 0 aromatic heterocycles. The monoisotopic (exact) mass is 267 g/mol. The summed E-state index contributed by atoms with van der Waals surface area (Å²) in [7, 11) is 1.45. The fourth-order valence-corrected chi connectivity index (χ4v) is 2.81. The predicted molar refractivity (Wildman–Crippen MR) is 68.9 cm³/mol. The minimum atomic E-state index is -0.579. The lowest BCUT2D eigenvalue weighted by atomic mass is 9.84. The van der Waals surface area contributed by atoms with Gasteiger partial charge in [0.15, 0.2) is 0 Å². The van der Waals surface area contributed by atoms with Gasteiger partial charge in [-0.1, -0.05) is 12.8 Å². The Balaban J connectivity index is 1.95. The second-order valence-electron chi connectivity index (χ2n) is 5.45. The Hall–Kier alpha value is -1.43. The predicted octanol–water partition coefficient (Wildman–Crippen LogP) is -0.232. The zero-order chi connectivity index (χ0) is 14.0. The van der Waals surface area contributed by atoms with Crippen LogP contribution in [-0.2, 0) is 14.4 Å². The van der Waals surface area contributed by atoms with Crippen LogP contribution in [0.5, 0.6) is 0 Å². The highest BCUT2D eigenvalue weighted by atomic mass is 16.2. The van der Waals surface area contributed by atoms with Gasteiger partial charge in [0.1, 0.15) is 6.04 Å². The van der Waals surface area contributed by atoms with Crippen LogP contribution in [0, 0.1) is 5.92 Å². The van der Waals surface area contributed by atoms with Crippen molar-refractivity contribution in [3.8, 4) is 0 Å². The van der Waals surface area contributed by atoms with Crippen molar-refractivity contribution in [2.45, 2.75) is 50.6 Å². The first kappa shape index (κ1) is 14.0. The molecule has 2 rings (SSSR count). The summed E-state index contributed by atoms with van der Waals surface area (Å²) in [5.74, 6) is -0.864. The molecule has 106 valence electrons. The van der Waals surface area contributed by atoms with E-state index in [2.05, 4.69) is 5.32 Å². The van der Waals surface area contributed by atoms with Crippen LogP contribution in [0.1, 0.15) is 38.5 Å². The van der Waals surface area contributed by atoms with Gasteiger partial charge in [-0.05, 0) is 19.3 Å². The standard InChI is InChI=1S/C13H21N3O3/c1-16-11(17)7-6-10(13(16)19)15-12(18)8-4-2-3-5-9(8)14/h8-10H,2-7,14H2,1H3,(H,15,18). The van der Waals surface area contributed by atoms with E-state index in [0.717, 1.165) is 30.6 Å². The van der Waals surface area contributed by atoms with Gasteiger partial charge < -0.3 is 11.1 Å². The Morgan fingerprint density at radius 3 is 2.63 bits per heavy atom. The third-order valence-corrected chi connectivity index (χ3v) is 4.12. The Labute approximate surface area is 112 Å². The van der Waals surface area contributed by atoms with Gasteiger partial charge in [-0.15, -0.1) is 0 Å². The number of nitrogens with two attached hydrogens (primary N) is 1. The summed E-state index contributed by atoms with van der Waals surface area (Å²) in [5, 5.41) is 2.76. The molecule has 0 spiro atoms. The van der Waals surface area contributed by atoms with Crippen LogP contribution in [0.2, 0.25) is 0 Å². The van der Waals surface area contributed by atoms with Gasteiger partial charge in [0.25, 0.3) is 5.91 Å². The van der Waals surface area contributed by atoms with Crippen molar-refractivity contribution in [3.05, 3.63) is 0 Å². The summed E-state index contributed by atoms with van der Waals surface area (Å²) >= 11 is 0. The van der Waals surface area contributed by atoms with Crippen LogP contribution in [0.3, 0.4) is 0 Å². The van der Waals surface area contributed by atoms with Gasteiger partial charge in [0, 0.05) is 19.5 Å². The smallest absolute Gasteiger partial charge is 0.251 e. The maximum atomic E-state index is 12.2. The summed E-state index contributed by atoms with van der Waals surface area (Å²) < 4.78 is 0. The highest BCUT2D eigenvalue weighted by molar-refractivity contribution is 6.01. The minimum absolute atomic E-state index is 0.119. The number of imide groups is 1. The van der Waals surface area contributed by atoms with E-state index in [0.29, 0.717) is 12.8 Å². The van der Waals surface area contributed by atoms with Gasteiger partial charge >= 0.3 is 0 Å². The van der Waals surface area contributed by atoms with Crippen LogP contribution in [0.25, 0.3) is 0 Å². The van der Waals surface area contributed by atoms with Gasteiger partial charge in [-0.3, -0.25) is 19.3 Å². The van der Waals surface area contributed by atoms with Crippen LogP contribution < -0.4 is 11.1 Å². The van der Waals surface area contributed by atoms with Crippen LogP contribution in [0.4, 0.5) is 0 Å². The molecule has 1 aliphatic heterocycles. The summed E-state index contributed by atoms with van der Waals surface area (Å²) in [6, 6.07) is -0.698. The molecule has 2 aliphatic rings. The molecule has 3 atom stereocenters. The summed E-state index contributed by atoms with van der Waals surface area (Å²) in [6.07, 6.45) is 4.38. The molecule has 0 radical (unpaired) electrons. The van der Waals surface area contributed by atoms with E-state index in [1.165, 1.54) is 7.05 Å². The Morgan fingerprint density at radius 2 is 1.95 bits per heavy atom. The maximum absolute atomic E-state index is 12.2. The molecule has 2 fully saturated rings. The number of hydrogen-bond acceptors (Lipinski definition) is 4. The lowest BCUT2D eigenvalue weighted by molar-refractivity contribution is -0.149. The number of nitrogens with one attached hydrogen (secondary N) is 1. The van der Waals surface area contributed by atoms with E-state index in [1.54, 1.807) is 0 Å². The van der Waals surface area contributed by atoms with Crippen molar-refractivity contribution in [2.75, 3.05) is 7.05 Å². The molecular weight excluding hydrogens is 246 g/mol. The summed E-state index contributed by atoms with van der Waals surface area (Å²) in [5.41, 5.74) is 5.96. The molecule has 6 heteroatoms. The van der Waals surface area contributed by atoms with Crippen molar-refractivity contribution < 1.29 is 14.4 Å². The Bertz CT molecular complexity index is 397. The van der Waals surface area contributed by atoms with E-state index in [4.69, 9.17) is 5.73 Å². The van der Waals surface area contributed by atoms with E-state index < -0.39 is 6.04 Å². The van der Waals surface area contributed by atoms with Gasteiger partial charge in [-0.2, -0.15) is 0 Å². The molecule has 0 aromatic carbocycles. The SMILES string of the molecule is CN1C(=O)CCC(NC(=O)C2CCCCC2N)C1=O. The van der Waals surface area contributed by atoms with Gasteiger partial charge in [0.05, 0.1) is 5.92 Å². The number of carbonyl (C=O) groups is 3. The molecule has 0 bridgehead atoms. The number of likely N-dealkylation sites (N-methyl/N-ethyl adjacent to an activating group) is 1. The zero-order valence-electron chi connectivity index (χ0n) is 11.2. The molecule has 0 aromatic rings. The first-order chi connectivity index (χ1) is 9.00. The second kappa shape index (κ2) is 5.69. The fourth-order valence-electron chi connectivity index (χ4n) is 2.81. The second-order valence-corrected chi connectivity index (χ2v) is 5.45. The number of likely N-dealkylation sites (tertiary alicyclic amines) is 1. The number of piperidine rings is 1. The van der Waals surface area contributed by atoms with Crippen LogP contribution in [-0.4, -0.2) is 41.8 Å². The number of hydrogen-bond donors (Lipinski definition) is 2. The summed E-state index contributed by atoms with van der Waals surface area (Å²) in [4.78, 5) is 36.5. The molecule has 3 unspecified atom stereocenters. The highest BCUT2D eigenvalue weighted by Crippen LogP contribution is 2.23. The zero-order valence-corrected chi connectivity index (χ0v) is 11.2. The van der Waals surface area contributed by atoms with Crippen molar-refractivity contribution in [1.82, 2.24) is 10.2 Å². The van der Waals surface area contributed by atoms with E-state index in [-0.39, 0.29) is 29.7 Å². The molecule has 19 heavy (non-hydrogen) atoms. The van der Waals surface area contributed by atoms with E-state index in [1.807, 2.05) is 0 Å². The number of nitrogens with zero attached hydrogens (tertiary/aromatic N) is 1. The quantitative estimate of drug-likeness (QED) is 0.676. The van der Waals surface area contributed by atoms with E-state index in [9.17, 15) is 14.4 Å². The van der Waals surface area contributed by atoms with Gasteiger partial charge in [-0.25, -0.2) is 0 Å². The van der Waals surface area contributed by atoms with Crippen LogP contribution >= 0.6 is 0 Å². The highest BCUT2D eigenvalue weighted by Gasteiger charge is 2.35. The molecule has 1 saturated carbocycles. The van der Waals surface area contributed by atoms with Crippen molar-refractivity contribution in [3.63, 3.8) is 0 Å². The lowest BCUT2D eigenvalue weighted by Gasteiger charge is -2.32. The first-order valence-electron chi connectivity index (χ1n) is 6.87. The van der Waals surface area contributed by atoms with Crippen molar-refractivity contribution in [1.29, 1.82) is 0 Å². The van der Waals surface area contributed by atoms with E-state index >= 15 is 0 Å². The molecule has 3 amide bonds. The molecule has 1 saturated heterocycles. The first-order valence-corrected chi connectivity index (χ1v) is 6.87. The molecular formula is C13H21N3O3. The maximum Gasteiger partial charge on any atom is 0.251 e. The number of carbonyl (C=O) groups excluding carboxylic acids is 3. The molecule has 1 aliphatic carbocycles. The molecule has 3 N–H and O–H groups in total. The normalized spacial score (nSPS) is 32.3. The average Bonchev–Trinajstić information content (AvgIpc) is 2.40.